The Balaban J connectivity index is 1.35. The molecule has 1 saturated heterocycles. The molecule has 5 atom stereocenters. The third kappa shape index (κ3) is 6.69. The fraction of sp³-hybridized carbons (Fsp3) is 0.276. The molecule has 42 heavy (non-hydrogen) atoms. The topological polar surface area (TPSA) is 138 Å². The number of aryl methyl sites for hydroxylation is 1. The molecule has 0 amide bonds. The molecule has 1 unspecified atom stereocenters. The summed E-state index contributed by atoms with van der Waals surface area (Å²) in [6, 6.07) is 19.6. The van der Waals surface area contributed by atoms with Crippen LogP contribution in [0.3, 0.4) is 0 Å². The fourth-order valence-electron chi connectivity index (χ4n) is 4.46. The maximum absolute atomic E-state index is 15.1. The second-order valence-corrected chi connectivity index (χ2v) is 11.5. The SMILES string of the molecule is Cc1cn([C@H]2C[C@H](F)[C@@H](COP(=O)(N[C@@H](C)C(=O)Oc3ccccc3)Oc3cccc4ccccc34)O2)c(=O)[nH]c1=O. The number of hydrogen-bond donors (Lipinski definition) is 2. The van der Waals surface area contributed by atoms with Gasteiger partial charge in [0.05, 0.1) is 6.61 Å². The highest BCUT2D eigenvalue weighted by Gasteiger charge is 2.40. The van der Waals surface area contributed by atoms with E-state index in [1.807, 2.05) is 18.2 Å². The van der Waals surface area contributed by atoms with E-state index in [9.17, 15) is 18.9 Å². The molecule has 1 aliphatic rings. The Morgan fingerprint density at radius 3 is 2.62 bits per heavy atom. The molecule has 13 heteroatoms. The predicted molar refractivity (Wildman–Crippen MR) is 152 cm³/mol. The van der Waals surface area contributed by atoms with Gasteiger partial charge in [-0.15, -0.1) is 0 Å². The van der Waals surface area contributed by atoms with Gasteiger partial charge in [0.15, 0.2) is 0 Å². The van der Waals surface area contributed by atoms with Gasteiger partial charge in [0.25, 0.3) is 5.56 Å². The smallest absolute Gasteiger partial charge is 0.425 e. The van der Waals surface area contributed by atoms with E-state index >= 15 is 4.39 Å². The summed E-state index contributed by atoms with van der Waals surface area (Å²) in [6.45, 7) is 2.40. The molecule has 0 bridgehead atoms. The molecule has 4 aromatic rings. The monoisotopic (exact) mass is 597 g/mol. The molecule has 2 N–H and O–H groups in total. The Morgan fingerprint density at radius 2 is 1.83 bits per heavy atom. The number of alkyl halides is 1. The Bertz CT molecular complexity index is 1740. The average molecular weight is 598 g/mol. The molecule has 2 heterocycles. The number of nitrogens with one attached hydrogen (secondary N) is 2. The van der Waals surface area contributed by atoms with Gasteiger partial charge in [-0.25, -0.2) is 18.5 Å². The van der Waals surface area contributed by atoms with Crippen LogP contribution in [0.25, 0.3) is 10.8 Å². The van der Waals surface area contributed by atoms with Crippen LogP contribution in [0.5, 0.6) is 11.5 Å². The summed E-state index contributed by atoms with van der Waals surface area (Å²) in [4.78, 5) is 39.0. The number of benzene rings is 3. The van der Waals surface area contributed by atoms with Crippen LogP contribution in [0.1, 0.15) is 25.1 Å². The number of carbonyl (C=O) groups is 1. The van der Waals surface area contributed by atoms with Crippen LogP contribution in [-0.4, -0.2) is 40.4 Å². The van der Waals surface area contributed by atoms with Crippen LogP contribution in [0.4, 0.5) is 4.39 Å². The standard InChI is InChI=1S/C29H29FN3O8P/c1-18-16-33(29(36)31-27(18)34)26-15-23(30)25(40-26)17-38-42(37,32-19(2)28(35)39-21-11-4-3-5-12-21)41-24-14-8-10-20-9-6-7-13-22(20)24/h3-14,16,19,23,25-26H,15,17H2,1-2H3,(H,32,37)(H,31,34,36)/t19-,23-,25+,26+,42?/m0/s1. The zero-order valence-electron chi connectivity index (χ0n) is 22.8. The van der Waals surface area contributed by atoms with Crippen molar-refractivity contribution in [1.29, 1.82) is 0 Å². The van der Waals surface area contributed by atoms with Crippen molar-refractivity contribution in [3.8, 4) is 11.5 Å². The lowest BCUT2D eigenvalue weighted by atomic mass is 10.1. The number of halogens is 1. The van der Waals surface area contributed by atoms with Crippen LogP contribution in [0.15, 0.2) is 88.6 Å². The summed E-state index contributed by atoms with van der Waals surface area (Å²) in [5.41, 5.74) is -1.05. The Labute approximate surface area is 239 Å². The van der Waals surface area contributed by atoms with Crippen molar-refractivity contribution < 1.29 is 32.3 Å². The number of H-pyrrole nitrogens is 1. The van der Waals surface area contributed by atoms with Crippen LogP contribution >= 0.6 is 7.75 Å². The van der Waals surface area contributed by atoms with Gasteiger partial charge < -0.3 is 14.0 Å². The zero-order chi connectivity index (χ0) is 29.9. The first-order chi connectivity index (χ1) is 20.1. The number of fused-ring (bicyclic) bond motifs is 1. The summed E-state index contributed by atoms with van der Waals surface area (Å²) >= 11 is 0. The Hall–Kier alpha value is -4.09. The molecular formula is C29H29FN3O8P. The minimum atomic E-state index is -4.37. The Morgan fingerprint density at radius 1 is 1.12 bits per heavy atom. The summed E-state index contributed by atoms with van der Waals surface area (Å²) in [5, 5.41) is 4.04. The quantitative estimate of drug-likeness (QED) is 0.155. The number of esters is 1. The van der Waals surface area contributed by atoms with Crippen molar-refractivity contribution in [2.45, 2.75) is 44.8 Å². The van der Waals surface area contributed by atoms with Crippen LogP contribution in [-0.2, 0) is 18.6 Å². The van der Waals surface area contributed by atoms with E-state index in [0.717, 1.165) is 9.95 Å². The van der Waals surface area contributed by atoms with Crippen LogP contribution < -0.4 is 25.6 Å². The van der Waals surface area contributed by atoms with Crippen molar-refractivity contribution in [3.63, 3.8) is 0 Å². The number of hydrogen-bond acceptors (Lipinski definition) is 8. The van der Waals surface area contributed by atoms with E-state index in [2.05, 4.69) is 10.1 Å². The lowest BCUT2D eigenvalue weighted by Gasteiger charge is -2.25. The van der Waals surface area contributed by atoms with Gasteiger partial charge in [0.1, 0.15) is 36.0 Å². The van der Waals surface area contributed by atoms with Crippen molar-refractivity contribution >= 4 is 24.5 Å². The van der Waals surface area contributed by atoms with E-state index in [4.69, 9.17) is 18.5 Å². The number of nitrogens with zero attached hydrogens (tertiary/aromatic N) is 1. The third-order valence-corrected chi connectivity index (χ3v) is 8.29. The molecule has 0 radical (unpaired) electrons. The van der Waals surface area contributed by atoms with Crippen molar-refractivity contribution in [1.82, 2.24) is 14.6 Å². The van der Waals surface area contributed by atoms with E-state index in [1.54, 1.807) is 54.6 Å². The predicted octanol–water partition coefficient (Wildman–Crippen LogP) is 4.41. The maximum Gasteiger partial charge on any atom is 0.459 e. The summed E-state index contributed by atoms with van der Waals surface area (Å²) < 4.78 is 52.9. The van der Waals surface area contributed by atoms with Crippen molar-refractivity contribution in [2.75, 3.05) is 6.61 Å². The van der Waals surface area contributed by atoms with Gasteiger partial charge in [-0.1, -0.05) is 54.6 Å². The molecular weight excluding hydrogens is 568 g/mol. The van der Waals surface area contributed by atoms with Crippen LogP contribution in [0, 0.1) is 6.92 Å². The summed E-state index contributed by atoms with van der Waals surface area (Å²) in [6.07, 6.45) is -2.77. The first kappa shape index (κ1) is 29.4. The van der Waals surface area contributed by atoms with E-state index in [0.29, 0.717) is 11.1 Å². The number of rotatable bonds is 10. The normalized spacial score (nSPS) is 20.6. The van der Waals surface area contributed by atoms with Gasteiger partial charge in [-0.3, -0.25) is 18.9 Å². The molecule has 220 valence electrons. The highest BCUT2D eigenvalue weighted by molar-refractivity contribution is 7.52. The fourth-order valence-corrected chi connectivity index (χ4v) is 5.98. The van der Waals surface area contributed by atoms with Gasteiger partial charge in [-0.05, 0) is 37.4 Å². The second-order valence-electron chi connectivity index (χ2n) is 9.81. The summed E-state index contributed by atoms with van der Waals surface area (Å²) in [7, 11) is -4.37. The molecule has 1 fully saturated rings. The van der Waals surface area contributed by atoms with E-state index in [1.165, 1.54) is 20.0 Å². The minimum absolute atomic E-state index is 0.207. The molecule has 0 aliphatic carbocycles. The molecule has 1 aliphatic heterocycles. The zero-order valence-corrected chi connectivity index (χ0v) is 23.7. The first-order valence-corrected chi connectivity index (χ1v) is 14.7. The van der Waals surface area contributed by atoms with Gasteiger partial charge >= 0.3 is 19.4 Å². The summed E-state index contributed by atoms with van der Waals surface area (Å²) in [5.74, 6) is -0.245. The highest BCUT2D eigenvalue weighted by atomic mass is 31.2. The molecule has 5 rings (SSSR count). The van der Waals surface area contributed by atoms with Crippen molar-refractivity contribution in [2.24, 2.45) is 0 Å². The third-order valence-electron chi connectivity index (χ3n) is 6.66. The van der Waals surface area contributed by atoms with Crippen molar-refractivity contribution in [3.05, 3.63) is 105 Å². The number of para-hydroxylation sites is 1. The van der Waals surface area contributed by atoms with Gasteiger partial charge in [-0.2, -0.15) is 5.09 Å². The van der Waals surface area contributed by atoms with Gasteiger partial charge in [0.2, 0.25) is 0 Å². The first-order valence-electron chi connectivity index (χ1n) is 13.2. The molecule has 3 aromatic carbocycles. The lowest BCUT2D eigenvalue weighted by molar-refractivity contribution is -0.136. The highest BCUT2D eigenvalue weighted by Crippen LogP contribution is 2.47. The largest absolute Gasteiger partial charge is 0.459 e. The number of aromatic nitrogens is 2. The lowest BCUT2D eigenvalue weighted by Crippen LogP contribution is -2.37. The minimum Gasteiger partial charge on any atom is -0.425 e. The molecule has 0 saturated carbocycles. The second kappa shape index (κ2) is 12.4. The number of ether oxygens (including phenoxy) is 2. The van der Waals surface area contributed by atoms with Gasteiger partial charge in [0, 0.05) is 23.6 Å². The number of carbonyl (C=O) groups excluding carboxylic acids is 1. The Kier molecular flexibility index (Phi) is 8.69. The molecule has 11 nitrogen and oxygen atoms in total. The molecule has 0 spiro atoms. The van der Waals surface area contributed by atoms with Crippen LogP contribution in [0.2, 0.25) is 0 Å². The number of aromatic amines is 1. The maximum atomic E-state index is 15.1. The van der Waals surface area contributed by atoms with E-state index in [-0.39, 0.29) is 17.7 Å². The molecule has 1 aromatic heterocycles. The average Bonchev–Trinajstić information content (AvgIpc) is 3.34. The van der Waals surface area contributed by atoms with E-state index < -0.39 is 56.1 Å².